The van der Waals surface area contributed by atoms with Gasteiger partial charge in [0.25, 0.3) is 5.91 Å². The van der Waals surface area contributed by atoms with Crippen molar-refractivity contribution >= 4 is 17.2 Å². The van der Waals surface area contributed by atoms with Crippen LogP contribution in [0, 0.1) is 0 Å². The molecule has 3 rings (SSSR count). The number of thiazole rings is 1. The minimum atomic E-state index is -0.0186. The number of amides is 1. The lowest BCUT2D eigenvalue weighted by atomic mass is 10.0. The zero-order chi connectivity index (χ0) is 16.8. The lowest BCUT2D eigenvalue weighted by Crippen LogP contribution is -2.45. The van der Waals surface area contributed by atoms with Gasteiger partial charge in [0.15, 0.2) is 5.01 Å². The molecule has 5 nitrogen and oxygen atoms in total. The lowest BCUT2D eigenvalue weighted by molar-refractivity contribution is 0.0911. The van der Waals surface area contributed by atoms with Crippen LogP contribution in [0.1, 0.15) is 40.0 Å². The first-order valence-electron chi connectivity index (χ1n) is 8.61. The molecule has 6 heteroatoms. The highest BCUT2D eigenvalue weighted by Gasteiger charge is 2.22. The highest BCUT2D eigenvalue weighted by atomic mass is 32.1. The Balaban J connectivity index is 1.41. The molecule has 3 heterocycles. The minimum absolute atomic E-state index is 0.0186. The first kappa shape index (κ1) is 17.0. The van der Waals surface area contributed by atoms with Gasteiger partial charge in [0.2, 0.25) is 0 Å². The standard InChI is InChI=1S/C18H24N4OS/c1-2-16-13-20-18(24-16)17(23)21-15-6-11-22(12-7-15)10-5-14-3-8-19-9-4-14/h3-4,8-9,13,15H,2,5-7,10-12H2,1H3,(H,21,23). The Bertz CT molecular complexity index is 650. The average Bonchev–Trinajstić information content (AvgIpc) is 3.11. The molecule has 1 aliphatic heterocycles. The SMILES string of the molecule is CCc1cnc(C(=O)NC2CCN(CCc3ccncc3)CC2)s1. The number of carbonyl (C=O) groups is 1. The number of pyridine rings is 1. The number of carbonyl (C=O) groups excluding carboxylic acids is 1. The smallest absolute Gasteiger partial charge is 0.280 e. The zero-order valence-corrected chi connectivity index (χ0v) is 14.9. The van der Waals surface area contributed by atoms with Crippen LogP contribution in [0.15, 0.2) is 30.7 Å². The maximum absolute atomic E-state index is 12.3. The first-order chi connectivity index (χ1) is 11.7. The third-order valence-corrected chi connectivity index (χ3v) is 5.63. The third-order valence-electron chi connectivity index (χ3n) is 4.49. The molecule has 0 radical (unpaired) electrons. The number of likely N-dealkylation sites (tertiary alicyclic amines) is 1. The van der Waals surface area contributed by atoms with Crippen molar-refractivity contribution in [2.24, 2.45) is 0 Å². The van der Waals surface area contributed by atoms with Crippen LogP contribution < -0.4 is 5.32 Å². The van der Waals surface area contributed by atoms with E-state index in [1.165, 1.54) is 16.9 Å². The van der Waals surface area contributed by atoms with Gasteiger partial charge in [-0.05, 0) is 43.4 Å². The summed E-state index contributed by atoms with van der Waals surface area (Å²) in [5.41, 5.74) is 1.33. The molecule has 1 fully saturated rings. The van der Waals surface area contributed by atoms with Crippen molar-refractivity contribution in [3.63, 3.8) is 0 Å². The number of aromatic nitrogens is 2. The van der Waals surface area contributed by atoms with E-state index in [0.29, 0.717) is 5.01 Å². The second-order valence-corrected chi connectivity index (χ2v) is 7.30. The number of piperidine rings is 1. The number of aryl methyl sites for hydroxylation is 1. The van der Waals surface area contributed by atoms with Crippen molar-refractivity contribution in [3.05, 3.63) is 46.2 Å². The van der Waals surface area contributed by atoms with E-state index in [9.17, 15) is 4.79 Å². The van der Waals surface area contributed by atoms with Crippen LogP contribution in [0.25, 0.3) is 0 Å². The van der Waals surface area contributed by atoms with Crippen molar-refractivity contribution in [2.75, 3.05) is 19.6 Å². The van der Waals surface area contributed by atoms with Crippen LogP contribution in [-0.2, 0) is 12.8 Å². The second kappa shape index (κ2) is 8.35. The fourth-order valence-corrected chi connectivity index (χ4v) is 3.72. The van der Waals surface area contributed by atoms with Crippen LogP contribution in [0.5, 0.6) is 0 Å². The molecule has 0 aromatic carbocycles. The minimum Gasteiger partial charge on any atom is -0.347 e. The van der Waals surface area contributed by atoms with Crippen molar-refractivity contribution in [2.45, 2.75) is 38.6 Å². The molecule has 1 saturated heterocycles. The Morgan fingerprint density at radius 3 is 2.75 bits per heavy atom. The third kappa shape index (κ3) is 4.61. The van der Waals surface area contributed by atoms with E-state index in [-0.39, 0.29) is 11.9 Å². The van der Waals surface area contributed by atoms with Crippen LogP contribution in [0.3, 0.4) is 0 Å². The quantitative estimate of drug-likeness (QED) is 0.875. The molecule has 24 heavy (non-hydrogen) atoms. The molecule has 0 saturated carbocycles. The average molecular weight is 344 g/mol. The number of hydrogen-bond donors (Lipinski definition) is 1. The highest BCUT2D eigenvalue weighted by Crippen LogP contribution is 2.15. The Morgan fingerprint density at radius 2 is 2.08 bits per heavy atom. The van der Waals surface area contributed by atoms with E-state index < -0.39 is 0 Å². The summed E-state index contributed by atoms with van der Waals surface area (Å²) < 4.78 is 0. The van der Waals surface area contributed by atoms with Crippen LogP contribution >= 0.6 is 11.3 Å². The fourth-order valence-electron chi connectivity index (χ4n) is 2.96. The predicted octanol–water partition coefficient (Wildman–Crippen LogP) is 2.54. The Hall–Kier alpha value is -1.79. The summed E-state index contributed by atoms with van der Waals surface area (Å²) in [5, 5.41) is 3.73. The van der Waals surface area contributed by atoms with Gasteiger partial charge in [0.05, 0.1) is 0 Å². The van der Waals surface area contributed by atoms with Crippen LogP contribution in [-0.4, -0.2) is 46.5 Å². The van der Waals surface area contributed by atoms with E-state index in [0.717, 1.165) is 50.2 Å². The molecule has 0 atom stereocenters. The normalized spacial score (nSPS) is 16.2. The molecule has 0 bridgehead atoms. The summed E-state index contributed by atoms with van der Waals surface area (Å²) in [6.07, 6.45) is 9.50. The monoisotopic (exact) mass is 344 g/mol. The van der Waals surface area contributed by atoms with E-state index >= 15 is 0 Å². The number of rotatable bonds is 6. The molecular weight excluding hydrogens is 320 g/mol. The summed E-state index contributed by atoms with van der Waals surface area (Å²) in [6.45, 7) is 5.22. The Kier molecular flexibility index (Phi) is 5.93. The summed E-state index contributed by atoms with van der Waals surface area (Å²) in [5.74, 6) is -0.0186. The van der Waals surface area contributed by atoms with Crippen molar-refractivity contribution in [1.29, 1.82) is 0 Å². The van der Waals surface area contributed by atoms with Gasteiger partial charge in [-0.1, -0.05) is 6.92 Å². The van der Waals surface area contributed by atoms with E-state index in [4.69, 9.17) is 0 Å². The summed E-state index contributed by atoms with van der Waals surface area (Å²) in [6, 6.07) is 4.42. The molecule has 128 valence electrons. The maximum atomic E-state index is 12.3. The van der Waals surface area contributed by atoms with Gasteiger partial charge >= 0.3 is 0 Å². The predicted molar refractivity (Wildman–Crippen MR) is 96.4 cm³/mol. The number of nitrogens with zero attached hydrogens (tertiary/aromatic N) is 3. The van der Waals surface area contributed by atoms with Crippen molar-refractivity contribution in [3.8, 4) is 0 Å². The Morgan fingerprint density at radius 1 is 1.33 bits per heavy atom. The zero-order valence-electron chi connectivity index (χ0n) is 14.1. The summed E-state index contributed by atoms with van der Waals surface area (Å²) >= 11 is 1.50. The van der Waals surface area contributed by atoms with Gasteiger partial charge in [-0.3, -0.25) is 9.78 Å². The number of nitrogens with one attached hydrogen (secondary N) is 1. The lowest BCUT2D eigenvalue weighted by Gasteiger charge is -2.32. The Labute approximate surface area is 147 Å². The van der Waals surface area contributed by atoms with Crippen molar-refractivity contribution in [1.82, 2.24) is 20.2 Å². The van der Waals surface area contributed by atoms with Gasteiger partial charge in [-0.15, -0.1) is 11.3 Å². The van der Waals surface area contributed by atoms with Crippen LogP contribution in [0.2, 0.25) is 0 Å². The molecule has 0 spiro atoms. The van der Waals surface area contributed by atoms with Gasteiger partial charge in [0, 0.05) is 49.1 Å². The molecule has 1 aliphatic rings. The molecule has 2 aromatic rings. The fraction of sp³-hybridized carbons (Fsp3) is 0.500. The van der Waals surface area contributed by atoms with Gasteiger partial charge in [0.1, 0.15) is 0 Å². The molecule has 1 N–H and O–H groups in total. The second-order valence-electron chi connectivity index (χ2n) is 6.18. The molecule has 2 aromatic heterocycles. The summed E-state index contributed by atoms with van der Waals surface area (Å²) in [7, 11) is 0. The highest BCUT2D eigenvalue weighted by molar-refractivity contribution is 7.13. The van der Waals surface area contributed by atoms with Gasteiger partial charge < -0.3 is 10.2 Å². The van der Waals surface area contributed by atoms with E-state index in [1.54, 1.807) is 6.20 Å². The van der Waals surface area contributed by atoms with E-state index in [1.807, 2.05) is 12.4 Å². The molecule has 1 amide bonds. The first-order valence-corrected chi connectivity index (χ1v) is 9.43. The maximum Gasteiger partial charge on any atom is 0.280 e. The van der Waals surface area contributed by atoms with E-state index in [2.05, 4.69) is 39.2 Å². The van der Waals surface area contributed by atoms with Crippen molar-refractivity contribution < 1.29 is 4.79 Å². The van der Waals surface area contributed by atoms with Crippen LogP contribution in [0.4, 0.5) is 0 Å². The molecule has 0 aliphatic carbocycles. The molecule has 0 unspecified atom stereocenters. The summed E-state index contributed by atoms with van der Waals surface area (Å²) in [4.78, 5) is 24.2. The topological polar surface area (TPSA) is 58.1 Å². The van der Waals surface area contributed by atoms with Gasteiger partial charge in [-0.2, -0.15) is 0 Å². The number of hydrogen-bond acceptors (Lipinski definition) is 5. The largest absolute Gasteiger partial charge is 0.347 e. The molecular formula is C18H24N4OS. The van der Waals surface area contributed by atoms with Gasteiger partial charge in [-0.25, -0.2) is 4.98 Å².